The van der Waals surface area contributed by atoms with E-state index in [0.29, 0.717) is 11.1 Å². The average Bonchev–Trinajstić information content (AvgIpc) is 3.30. The normalized spacial score (nSPS) is 12.4. The summed E-state index contributed by atoms with van der Waals surface area (Å²) in [4.78, 5) is 19.8. The zero-order valence-electron chi connectivity index (χ0n) is 19.1. The Morgan fingerprint density at radius 3 is 2.59 bits per heavy atom. The first-order chi connectivity index (χ1) is 17.4. The molecule has 4 rings (SSSR count). The molecule has 8 nitrogen and oxygen atoms in total. The summed E-state index contributed by atoms with van der Waals surface area (Å²) in [5.41, 5.74) is 1.08. The highest BCUT2D eigenvalue weighted by atomic mass is 32.3. The molecular weight excluding hydrogens is 521 g/mol. The number of hydrogen-bond acceptors (Lipinski definition) is 5. The second-order valence-electron chi connectivity index (χ2n) is 8.10. The first kappa shape index (κ1) is 26.2. The van der Waals surface area contributed by atoms with Gasteiger partial charge in [0.1, 0.15) is 35.4 Å². The molecule has 3 heterocycles. The molecule has 2 amide bonds. The summed E-state index contributed by atoms with van der Waals surface area (Å²) in [5, 5.41) is 4.69. The van der Waals surface area contributed by atoms with Crippen LogP contribution in [-0.2, 0) is 15.9 Å². The molecule has 196 valence electrons. The first-order valence-electron chi connectivity index (χ1n) is 10.6. The summed E-state index contributed by atoms with van der Waals surface area (Å²) < 4.78 is 84.8. The number of thiol groups is 1. The summed E-state index contributed by atoms with van der Waals surface area (Å²) in [6, 6.07) is 7.21. The molecule has 4 aromatic rings. The molecule has 14 heteroatoms. The van der Waals surface area contributed by atoms with Crippen molar-refractivity contribution in [1.29, 1.82) is 0 Å². The van der Waals surface area contributed by atoms with E-state index in [1.165, 1.54) is 49.0 Å². The number of pyridine rings is 2. The third-order valence-corrected chi connectivity index (χ3v) is 6.59. The number of carbonyl (C=O) groups is 1. The molecule has 0 atom stereocenters. The van der Waals surface area contributed by atoms with E-state index in [1.54, 1.807) is 11.4 Å². The van der Waals surface area contributed by atoms with Crippen LogP contribution in [0.5, 0.6) is 0 Å². The summed E-state index contributed by atoms with van der Waals surface area (Å²) in [6.07, 6.45) is 0.358. The van der Waals surface area contributed by atoms with Crippen LogP contribution in [0.15, 0.2) is 63.8 Å². The van der Waals surface area contributed by atoms with E-state index < -0.39 is 40.5 Å². The molecule has 0 aliphatic heterocycles. The van der Waals surface area contributed by atoms with Crippen molar-refractivity contribution in [3.63, 3.8) is 0 Å². The van der Waals surface area contributed by atoms with E-state index in [0.717, 1.165) is 6.20 Å². The van der Waals surface area contributed by atoms with Crippen molar-refractivity contribution in [2.24, 2.45) is 4.36 Å². The predicted molar refractivity (Wildman–Crippen MR) is 130 cm³/mol. The molecule has 0 fully saturated rings. The van der Waals surface area contributed by atoms with Crippen LogP contribution in [-0.4, -0.2) is 39.5 Å². The number of benzene rings is 1. The van der Waals surface area contributed by atoms with Crippen LogP contribution in [0.4, 0.5) is 38.4 Å². The number of amides is 2. The molecule has 3 aromatic heterocycles. The van der Waals surface area contributed by atoms with Crippen molar-refractivity contribution in [2.45, 2.75) is 11.9 Å². The minimum absolute atomic E-state index is 0.103. The van der Waals surface area contributed by atoms with Crippen molar-refractivity contribution in [2.75, 3.05) is 18.1 Å². The minimum atomic E-state index is -4.60. The van der Waals surface area contributed by atoms with Crippen molar-refractivity contribution in [3.8, 4) is 11.1 Å². The average molecular weight is 542 g/mol. The number of anilines is 2. The van der Waals surface area contributed by atoms with E-state index >= 15 is 0 Å². The van der Waals surface area contributed by atoms with Gasteiger partial charge < -0.3 is 19.6 Å². The highest BCUT2D eigenvalue weighted by molar-refractivity contribution is 7.98. The van der Waals surface area contributed by atoms with Gasteiger partial charge in [0, 0.05) is 23.1 Å². The molecule has 3 N–H and O–H groups in total. The number of halogens is 5. The Balaban J connectivity index is 1.54. The maximum atomic E-state index is 14.6. The number of nitrogens with zero attached hydrogens (tertiary/aromatic N) is 3. The van der Waals surface area contributed by atoms with E-state index in [-0.39, 0.29) is 33.9 Å². The molecule has 1 aromatic carbocycles. The largest absolute Gasteiger partial charge is 0.464 e. The molecule has 0 saturated heterocycles. The molecule has 37 heavy (non-hydrogen) atoms. The number of rotatable bonds is 6. The Kier molecular flexibility index (Phi) is 7.23. The van der Waals surface area contributed by atoms with Gasteiger partial charge in [-0.15, -0.1) is 0 Å². The standard InChI is InChI=1S/C23H20F5N5O3S/c1-37(35,33-22(34)31-12-23(26,27)28)11-13-4-6-29-19(8-13)32-20-9-16(18(25)10-30-20)14-2-3-17(24)15-5-7-36-21(14)15/h2-10,37H,11-12H2,1H3,(H,29,30,32)(H2,31,33,34,35). The number of nitrogens with one attached hydrogen (secondary N) is 2. The van der Waals surface area contributed by atoms with E-state index in [2.05, 4.69) is 19.6 Å². The van der Waals surface area contributed by atoms with Crippen LogP contribution >= 0.6 is 0 Å². The maximum Gasteiger partial charge on any atom is 0.405 e. The second-order valence-corrected chi connectivity index (χ2v) is 10.8. The Labute approximate surface area is 207 Å². The number of fused-ring (bicyclic) bond motifs is 1. The van der Waals surface area contributed by atoms with Crippen LogP contribution in [0.2, 0.25) is 0 Å². The van der Waals surface area contributed by atoms with Crippen LogP contribution < -0.4 is 10.6 Å². The van der Waals surface area contributed by atoms with Gasteiger partial charge in [0.2, 0.25) is 0 Å². The number of furan rings is 1. The number of aromatic nitrogens is 2. The number of alkyl halides is 3. The van der Waals surface area contributed by atoms with Crippen LogP contribution in [0, 0.1) is 11.6 Å². The van der Waals surface area contributed by atoms with Gasteiger partial charge in [-0.1, -0.05) is 10.1 Å². The Hall–Kier alpha value is -3.91. The summed E-state index contributed by atoms with van der Waals surface area (Å²) in [7, 11) is -3.30. The first-order valence-corrected chi connectivity index (χ1v) is 12.9. The van der Waals surface area contributed by atoms with E-state index in [4.69, 9.17) is 4.42 Å². The fourth-order valence-corrected chi connectivity index (χ4v) is 4.93. The lowest BCUT2D eigenvalue weighted by molar-refractivity contribution is -0.122. The zero-order valence-corrected chi connectivity index (χ0v) is 19.9. The molecule has 0 unspecified atom stereocenters. The highest BCUT2D eigenvalue weighted by Gasteiger charge is 2.27. The van der Waals surface area contributed by atoms with Gasteiger partial charge in [-0.25, -0.2) is 23.5 Å². The van der Waals surface area contributed by atoms with Crippen molar-refractivity contribution in [1.82, 2.24) is 15.3 Å². The van der Waals surface area contributed by atoms with Gasteiger partial charge in [-0.3, -0.25) is 0 Å². The van der Waals surface area contributed by atoms with E-state index in [9.17, 15) is 31.3 Å². The SMILES string of the molecule is C[SH](O)(Cc1ccnc(Nc2cc(-c3ccc(F)c4ccoc34)c(F)cn2)c1)=NC(=O)NCC(F)(F)F. The molecule has 0 spiro atoms. The third kappa shape index (κ3) is 6.65. The van der Waals surface area contributed by atoms with Gasteiger partial charge in [0.25, 0.3) is 0 Å². The molecular formula is C23H20F5N5O3S. The summed E-state index contributed by atoms with van der Waals surface area (Å²) in [5.74, 6) is -0.834. The third-order valence-electron chi connectivity index (χ3n) is 5.02. The predicted octanol–water partition coefficient (Wildman–Crippen LogP) is 5.86. The minimum Gasteiger partial charge on any atom is -0.464 e. The fraction of sp³-hybridized carbons (Fsp3) is 0.174. The lowest BCUT2D eigenvalue weighted by atomic mass is 10.0. The number of urea groups is 1. The lowest BCUT2D eigenvalue weighted by Gasteiger charge is -2.18. The van der Waals surface area contributed by atoms with Gasteiger partial charge >= 0.3 is 12.2 Å². The van der Waals surface area contributed by atoms with Gasteiger partial charge in [0.15, 0.2) is 0 Å². The quantitative estimate of drug-likeness (QED) is 0.180. The maximum absolute atomic E-state index is 14.6. The number of hydrogen-bond donors (Lipinski definition) is 4. The molecule has 0 bridgehead atoms. The van der Waals surface area contributed by atoms with Crippen LogP contribution in [0.3, 0.4) is 0 Å². The van der Waals surface area contributed by atoms with E-state index in [1.807, 2.05) is 0 Å². The van der Waals surface area contributed by atoms with Gasteiger partial charge in [-0.05, 0) is 48.2 Å². The van der Waals surface area contributed by atoms with Crippen LogP contribution in [0.1, 0.15) is 5.56 Å². The van der Waals surface area contributed by atoms with Gasteiger partial charge in [-0.2, -0.15) is 17.5 Å². The van der Waals surface area contributed by atoms with Crippen molar-refractivity contribution >= 4 is 38.7 Å². The monoisotopic (exact) mass is 541 g/mol. The lowest BCUT2D eigenvalue weighted by Crippen LogP contribution is -2.33. The molecule has 0 radical (unpaired) electrons. The second kappa shape index (κ2) is 10.2. The summed E-state index contributed by atoms with van der Waals surface area (Å²) >= 11 is 0. The Bertz CT molecular complexity index is 1520. The fourth-order valence-electron chi connectivity index (χ4n) is 3.51. The van der Waals surface area contributed by atoms with Crippen molar-refractivity contribution < 1.29 is 35.7 Å². The highest BCUT2D eigenvalue weighted by Crippen LogP contribution is 2.34. The Morgan fingerprint density at radius 2 is 1.84 bits per heavy atom. The molecule has 0 aliphatic carbocycles. The van der Waals surface area contributed by atoms with Gasteiger partial charge in [0.05, 0.1) is 17.8 Å². The number of carbonyl (C=O) groups excluding carboxylic acids is 1. The van der Waals surface area contributed by atoms with Crippen molar-refractivity contribution in [3.05, 3.63) is 72.3 Å². The van der Waals surface area contributed by atoms with Crippen LogP contribution in [0.25, 0.3) is 22.1 Å². The Morgan fingerprint density at radius 1 is 1.08 bits per heavy atom. The molecule has 0 saturated carbocycles. The smallest absolute Gasteiger partial charge is 0.405 e. The zero-order chi connectivity index (χ0) is 26.8. The summed E-state index contributed by atoms with van der Waals surface area (Å²) in [6.45, 7) is -1.56. The topological polar surface area (TPSA) is 113 Å². The molecule has 0 aliphatic rings.